The van der Waals surface area contributed by atoms with Gasteiger partial charge >= 0.3 is 0 Å². The molecule has 1 N–H and O–H groups in total. The standard InChI is InChI=1S/C30H30N2O4/c1-2-36-25-17-11-22(12-18-25)28(33)26-27(21-9-5-3-6-10-21)32(30(35)29(26)34)24-15-13-23(14-16-24)31-19-7-4-8-20-31/h3,5-6,9-18,27,33H,2,4,7-8,19-20H2,1H3/b28-26+. The quantitative estimate of drug-likeness (QED) is 0.277. The lowest BCUT2D eigenvalue weighted by Gasteiger charge is -2.30. The second-order valence-corrected chi connectivity index (χ2v) is 9.10. The van der Waals surface area contributed by atoms with Crippen LogP contribution < -0.4 is 14.5 Å². The van der Waals surface area contributed by atoms with Crippen molar-refractivity contribution in [3.63, 3.8) is 0 Å². The molecule has 0 bridgehead atoms. The second kappa shape index (κ2) is 10.3. The number of amides is 1. The molecule has 3 aromatic carbocycles. The van der Waals surface area contributed by atoms with Crippen molar-refractivity contribution in [3.8, 4) is 5.75 Å². The first-order valence-corrected chi connectivity index (χ1v) is 12.5. The van der Waals surface area contributed by atoms with Gasteiger partial charge in [-0.05, 0) is 80.3 Å². The highest BCUT2D eigenvalue weighted by Gasteiger charge is 2.46. The summed E-state index contributed by atoms with van der Waals surface area (Å²) in [5.41, 5.74) is 3.02. The molecule has 36 heavy (non-hydrogen) atoms. The van der Waals surface area contributed by atoms with Crippen LogP contribution in [0.5, 0.6) is 5.75 Å². The highest BCUT2D eigenvalue weighted by molar-refractivity contribution is 6.51. The highest BCUT2D eigenvalue weighted by atomic mass is 16.5. The van der Waals surface area contributed by atoms with Crippen LogP contribution in [0.4, 0.5) is 11.4 Å². The lowest BCUT2D eigenvalue weighted by molar-refractivity contribution is -0.132. The van der Waals surface area contributed by atoms with Crippen molar-refractivity contribution in [1.29, 1.82) is 0 Å². The predicted octanol–water partition coefficient (Wildman–Crippen LogP) is 5.70. The topological polar surface area (TPSA) is 70.1 Å². The Bertz CT molecular complexity index is 1260. The van der Waals surface area contributed by atoms with Gasteiger partial charge in [0.2, 0.25) is 0 Å². The van der Waals surface area contributed by atoms with E-state index in [2.05, 4.69) is 4.90 Å². The summed E-state index contributed by atoms with van der Waals surface area (Å²) in [4.78, 5) is 30.5. The Morgan fingerprint density at radius 3 is 2.14 bits per heavy atom. The van der Waals surface area contributed by atoms with E-state index >= 15 is 0 Å². The maximum absolute atomic E-state index is 13.4. The van der Waals surface area contributed by atoms with Gasteiger partial charge in [-0.15, -0.1) is 0 Å². The fraction of sp³-hybridized carbons (Fsp3) is 0.267. The SMILES string of the molecule is CCOc1ccc(/C(O)=C2\C(=O)C(=O)N(c3ccc(N4CCCCC4)cc3)C2c2ccccc2)cc1. The first-order chi connectivity index (χ1) is 17.6. The van der Waals surface area contributed by atoms with E-state index in [0.717, 1.165) is 24.3 Å². The third-order valence-corrected chi connectivity index (χ3v) is 6.85. The van der Waals surface area contributed by atoms with Crippen LogP contribution in [-0.4, -0.2) is 36.5 Å². The molecule has 2 saturated heterocycles. The number of hydrogen-bond donors (Lipinski definition) is 1. The molecule has 0 aromatic heterocycles. The van der Waals surface area contributed by atoms with Gasteiger partial charge in [0.25, 0.3) is 11.7 Å². The molecule has 2 fully saturated rings. The Hall–Kier alpha value is -4.06. The van der Waals surface area contributed by atoms with Crippen molar-refractivity contribution in [1.82, 2.24) is 0 Å². The van der Waals surface area contributed by atoms with E-state index in [1.54, 1.807) is 24.3 Å². The Morgan fingerprint density at radius 2 is 1.50 bits per heavy atom. The summed E-state index contributed by atoms with van der Waals surface area (Å²) >= 11 is 0. The second-order valence-electron chi connectivity index (χ2n) is 9.10. The van der Waals surface area contributed by atoms with Crippen molar-refractivity contribution < 1.29 is 19.4 Å². The third-order valence-electron chi connectivity index (χ3n) is 6.85. The number of nitrogens with zero attached hydrogens (tertiary/aromatic N) is 2. The monoisotopic (exact) mass is 482 g/mol. The average molecular weight is 483 g/mol. The number of rotatable bonds is 6. The maximum atomic E-state index is 13.4. The van der Waals surface area contributed by atoms with Crippen molar-refractivity contribution in [3.05, 3.63) is 95.6 Å². The van der Waals surface area contributed by atoms with E-state index in [4.69, 9.17) is 4.74 Å². The lowest BCUT2D eigenvalue weighted by atomic mass is 9.95. The number of Topliss-reactive ketones (excluding diaryl/α,β-unsaturated/α-hetero) is 1. The number of ether oxygens (including phenoxy) is 1. The van der Waals surface area contributed by atoms with Crippen molar-refractivity contribution in [2.24, 2.45) is 0 Å². The van der Waals surface area contributed by atoms with E-state index in [1.165, 1.54) is 24.2 Å². The van der Waals surface area contributed by atoms with Gasteiger partial charge in [0.15, 0.2) is 0 Å². The highest BCUT2D eigenvalue weighted by Crippen LogP contribution is 2.42. The molecule has 0 spiro atoms. The maximum Gasteiger partial charge on any atom is 0.300 e. The number of carbonyl (C=O) groups excluding carboxylic acids is 2. The Labute approximate surface area is 211 Å². The average Bonchev–Trinajstić information content (AvgIpc) is 3.20. The number of hydrogen-bond acceptors (Lipinski definition) is 5. The zero-order chi connectivity index (χ0) is 25.1. The molecule has 2 aliphatic rings. The van der Waals surface area contributed by atoms with Gasteiger partial charge in [0, 0.05) is 30.0 Å². The first-order valence-electron chi connectivity index (χ1n) is 12.5. The first kappa shape index (κ1) is 23.7. The molecule has 184 valence electrons. The molecule has 1 atom stereocenters. The van der Waals surface area contributed by atoms with Gasteiger partial charge < -0.3 is 14.7 Å². The Morgan fingerprint density at radius 1 is 0.861 bits per heavy atom. The smallest absolute Gasteiger partial charge is 0.300 e. The molecular weight excluding hydrogens is 452 g/mol. The van der Waals surface area contributed by atoms with Gasteiger partial charge in [0.05, 0.1) is 18.2 Å². The number of benzene rings is 3. The molecule has 1 amide bonds. The van der Waals surface area contributed by atoms with E-state index in [0.29, 0.717) is 23.6 Å². The van der Waals surface area contributed by atoms with Crippen LogP contribution in [-0.2, 0) is 9.59 Å². The Kier molecular flexibility index (Phi) is 6.76. The summed E-state index contributed by atoms with van der Waals surface area (Å²) in [7, 11) is 0. The van der Waals surface area contributed by atoms with E-state index in [1.807, 2.05) is 61.5 Å². The largest absolute Gasteiger partial charge is 0.507 e. The summed E-state index contributed by atoms with van der Waals surface area (Å²) in [6.45, 7) is 4.47. The molecular formula is C30H30N2O4. The fourth-order valence-corrected chi connectivity index (χ4v) is 5.06. The third kappa shape index (κ3) is 4.47. The fourth-order valence-electron chi connectivity index (χ4n) is 5.06. The molecule has 0 radical (unpaired) electrons. The van der Waals surface area contributed by atoms with Crippen molar-refractivity contribution in [2.45, 2.75) is 32.2 Å². The number of aliphatic hydroxyl groups excluding tert-OH is 1. The van der Waals surface area contributed by atoms with Crippen LogP contribution in [0.1, 0.15) is 43.4 Å². The van der Waals surface area contributed by atoms with E-state index in [9.17, 15) is 14.7 Å². The van der Waals surface area contributed by atoms with Crippen LogP contribution in [0.3, 0.4) is 0 Å². The Balaban J connectivity index is 1.56. The van der Waals surface area contributed by atoms with Crippen molar-refractivity contribution >= 4 is 28.8 Å². The molecule has 2 heterocycles. The molecule has 3 aromatic rings. The zero-order valence-electron chi connectivity index (χ0n) is 20.4. The molecule has 6 nitrogen and oxygen atoms in total. The summed E-state index contributed by atoms with van der Waals surface area (Å²) in [6.07, 6.45) is 3.61. The summed E-state index contributed by atoms with van der Waals surface area (Å²) < 4.78 is 5.49. The molecule has 0 aliphatic carbocycles. The predicted molar refractivity (Wildman–Crippen MR) is 141 cm³/mol. The molecule has 1 unspecified atom stereocenters. The number of ketones is 1. The summed E-state index contributed by atoms with van der Waals surface area (Å²) in [5.74, 6) is -0.877. The van der Waals surface area contributed by atoms with Crippen LogP contribution in [0.25, 0.3) is 5.76 Å². The summed E-state index contributed by atoms with van der Waals surface area (Å²) in [5, 5.41) is 11.3. The zero-order valence-corrected chi connectivity index (χ0v) is 20.4. The number of anilines is 2. The lowest BCUT2D eigenvalue weighted by Crippen LogP contribution is -2.30. The van der Waals surface area contributed by atoms with Crippen LogP contribution in [0, 0.1) is 0 Å². The molecule has 2 aliphatic heterocycles. The normalized spacial score (nSPS) is 19.5. The van der Waals surface area contributed by atoms with Gasteiger partial charge in [-0.3, -0.25) is 14.5 Å². The minimum Gasteiger partial charge on any atom is -0.507 e. The minimum absolute atomic E-state index is 0.0791. The van der Waals surface area contributed by atoms with Gasteiger partial charge in [-0.2, -0.15) is 0 Å². The van der Waals surface area contributed by atoms with Gasteiger partial charge in [-0.25, -0.2) is 0 Å². The number of piperidine rings is 1. The van der Waals surface area contributed by atoms with E-state index in [-0.39, 0.29) is 11.3 Å². The summed E-state index contributed by atoms with van der Waals surface area (Å²) in [6, 6.07) is 23.3. The number of carbonyl (C=O) groups is 2. The van der Waals surface area contributed by atoms with Gasteiger partial charge in [-0.1, -0.05) is 30.3 Å². The minimum atomic E-state index is -0.737. The molecule has 6 heteroatoms. The van der Waals surface area contributed by atoms with Crippen molar-refractivity contribution in [2.75, 3.05) is 29.5 Å². The number of aliphatic hydroxyl groups is 1. The van der Waals surface area contributed by atoms with Crippen LogP contribution in [0.2, 0.25) is 0 Å². The van der Waals surface area contributed by atoms with Crippen LogP contribution >= 0.6 is 0 Å². The van der Waals surface area contributed by atoms with Crippen LogP contribution in [0.15, 0.2) is 84.4 Å². The van der Waals surface area contributed by atoms with E-state index < -0.39 is 17.7 Å². The van der Waals surface area contributed by atoms with Gasteiger partial charge in [0.1, 0.15) is 11.5 Å². The molecule has 0 saturated carbocycles. The molecule has 5 rings (SSSR count).